The molecule has 0 unspecified atom stereocenters. The van der Waals surface area contributed by atoms with Gasteiger partial charge in [-0.15, -0.1) is 0 Å². The number of fused-ring (bicyclic) bond motifs is 1. The van der Waals surface area contributed by atoms with Gasteiger partial charge in [0.25, 0.3) is 0 Å². The fraction of sp³-hybridized carbons (Fsp3) is 0.100. The van der Waals surface area contributed by atoms with Crippen molar-refractivity contribution < 1.29 is 9.21 Å². The molecular formula is C10H7N3O2. The van der Waals surface area contributed by atoms with E-state index in [1.54, 1.807) is 24.3 Å². The quantitative estimate of drug-likeness (QED) is 0.801. The summed E-state index contributed by atoms with van der Waals surface area (Å²) in [6, 6.07) is 6.98. The summed E-state index contributed by atoms with van der Waals surface area (Å²) in [6.07, 6.45) is 1.14. The third kappa shape index (κ3) is 1.79. The molecule has 0 radical (unpaired) electrons. The van der Waals surface area contributed by atoms with Gasteiger partial charge in [0, 0.05) is 0 Å². The molecule has 1 amide bonds. The van der Waals surface area contributed by atoms with E-state index in [1.807, 2.05) is 0 Å². The van der Waals surface area contributed by atoms with Crippen LogP contribution >= 0.6 is 0 Å². The molecule has 15 heavy (non-hydrogen) atoms. The van der Waals surface area contributed by atoms with E-state index in [-0.39, 0.29) is 12.3 Å². The number of para-hydroxylation sites is 1. The van der Waals surface area contributed by atoms with Crippen LogP contribution in [0.3, 0.4) is 0 Å². The van der Waals surface area contributed by atoms with Gasteiger partial charge in [-0.25, -0.2) is 4.98 Å². The second-order valence-electron chi connectivity index (χ2n) is 2.89. The number of nitrogens with one attached hydrogen (secondary N) is 1. The normalized spacial score (nSPS) is 9.80. The zero-order valence-corrected chi connectivity index (χ0v) is 7.73. The second kappa shape index (κ2) is 3.80. The highest BCUT2D eigenvalue weighted by Gasteiger charge is 2.07. The first-order valence-corrected chi connectivity index (χ1v) is 4.30. The van der Waals surface area contributed by atoms with Gasteiger partial charge >= 0.3 is 0 Å². The van der Waals surface area contributed by atoms with Crippen molar-refractivity contribution in [3.63, 3.8) is 0 Å². The molecule has 5 heteroatoms. The first-order valence-electron chi connectivity index (χ1n) is 4.30. The Morgan fingerprint density at radius 3 is 3.27 bits per heavy atom. The fourth-order valence-corrected chi connectivity index (χ4v) is 1.25. The molecule has 5 nitrogen and oxygen atoms in total. The van der Waals surface area contributed by atoms with E-state index in [0.29, 0.717) is 16.8 Å². The highest BCUT2D eigenvalue weighted by molar-refractivity contribution is 5.99. The summed E-state index contributed by atoms with van der Waals surface area (Å²) in [7, 11) is 0. The van der Waals surface area contributed by atoms with Gasteiger partial charge in [-0.3, -0.25) is 4.79 Å². The van der Waals surface area contributed by atoms with Crippen molar-refractivity contribution in [3.8, 4) is 6.07 Å². The molecule has 1 aromatic carbocycles. The van der Waals surface area contributed by atoms with Crippen LogP contribution in [0.25, 0.3) is 11.1 Å². The molecule has 0 aliphatic heterocycles. The van der Waals surface area contributed by atoms with Gasteiger partial charge in [0.15, 0.2) is 12.0 Å². The minimum atomic E-state index is -0.354. The van der Waals surface area contributed by atoms with Crippen LogP contribution in [0.2, 0.25) is 0 Å². The number of amides is 1. The van der Waals surface area contributed by atoms with Crippen LogP contribution in [0.4, 0.5) is 5.69 Å². The molecule has 1 aromatic heterocycles. The number of benzene rings is 1. The molecule has 0 aliphatic carbocycles. The summed E-state index contributed by atoms with van der Waals surface area (Å²) in [5.41, 5.74) is 1.75. The number of nitriles is 1. The molecule has 2 rings (SSSR count). The number of carbonyl (C=O) groups excluding carboxylic acids is 1. The lowest BCUT2D eigenvalue weighted by atomic mass is 10.2. The van der Waals surface area contributed by atoms with E-state index in [9.17, 15) is 4.79 Å². The van der Waals surface area contributed by atoms with Crippen LogP contribution in [0.1, 0.15) is 6.42 Å². The number of hydrogen-bond acceptors (Lipinski definition) is 4. The smallest absolute Gasteiger partial charge is 0.238 e. The molecule has 0 aliphatic rings. The summed E-state index contributed by atoms with van der Waals surface area (Å²) in [4.78, 5) is 15.2. The van der Waals surface area contributed by atoms with Crippen molar-refractivity contribution in [2.45, 2.75) is 6.42 Å². The Morgan fingerprint density at radius 2 is 2.47 bits per heavy atom. The summed E-state index contributed by atoms with van der Waals surface area (Å²) in [5, 5.41) is 10.9. The number of aromatic nitrogens is 1. The van der Waals surface area contributed by atoms with Crippen molar-refractivity contribution >= 4 is 22.7 Å². The SMILES string of the molecule is N#CCC(=O)Nc1cccc2ocnc12. The van der Waals surface area contributed by atoms with E-state index in [1.165, 1.54) is 6.39 Å². The third-order valence-electron chi connectivity index (χ3n) is 1.87. The highest BCUT2D eigenvalue weighted by Crippen LogP contribution is 2.21. The number of hydrogen-bond donors (Lipinski definition) is 1. The summed E-state index contributed by atoms with van der Waals surface area (Å²) in [6.45, 7) is 0. The standard InChI is InChI=1S/C10H7N3O2/c11-5-4-9(14)13-7-2-1-3-8-10(7)12-6-15-8/h1-3,6H,4H2,(H,13,14). The summed E-state index contributed by atoms with van der Waals surface area (Å²) < 4.78 is 5.07. The number of nitrogens with zero attached hydrogens (tertiary/aromatic N) is 2. The first kappa shape index (κ1) is 9.21. The third-order valence-corrected chi connectivity index (χ3v) is 1.87. The predicted octanol–water partition coefficient (Wildman–Crippen LogP) is 1.68. The molecule has 0 bridgehead atoms. The second-order valence-corrected chi connectivity index (χ2v) is 2.89. The zero-order valence-electron chi connectivity index (χ0n) is 7.73. The first-order chi connectivity index (χ1) is 7.31. The maximum atomic E-state index is 11.2. The average Bonchev–Trinajstić information content (AvgIpc) is 2.67. The molecule has 1 N–H and O–H groups in total. The van der Waals surface area contributed by atoms with Crippen molar-refractivity contribution in [2.75, 3.05) is 5.32 Å². The predicted molar refractivity (Wildman–Crippen MR) is 52.9 cm³/mol. The van der Waals surface area contributed by atoms with E-state index < -0.39 is 0 Å². The van der Waals surface area contributed by atoms with Crippen LogP contribution in [0.5, 0.6) is 0 Å². The van der Waals surface area contributed by atoms with Crippen LogP contribution in [-0.2, 0) is 4.79 Å². The van der Waals surface area contributed by atoms with Crippen molar-refractivity contribution in [3.05, 3.63) is 24.6 Å². The Balaban J connectivity index is 2.32. The van der Waals surface area contributed by atoms with Gasteiger partial charge in [0.2, 0.25) is 5.91 Å². The molecule has 0 saturated heterocycles. The summed E-state index contributed by atoms with van der Waals surface area (Å²) >= 11 is 0. The zero-order chi connectivity index (χ0) is 10.7. The van der Waals surface area contributed by atoms with Gasteiger partial charge in [-0.05, 0) is 12.1 Å². The molecule has 0 spiro atoms. The number of rotatable bonds is 2. The molecular weight excluding hydrogens is 194 g/mol. The van der Waals surface area contributed by atoms with Gasteiger partial charge in [0.05, 0.1) is 11.8 Å². The van der Waals surface area contributed by atoms with Crippen molar-refractivity contribution in [2.24, 2.45) is 0 Å². The topological polar surface area (TPSA) is 78.9 Å². The Kier molecular flexibility index (Phi) is 2.33. The van der Waals surface area contributed by atoms with Crippen molar-refractivity contribution in [1.29, 1.82) is 5.26 Å². The molecule has 2 aromatic rings. The van der Waals surface area contributed by atoms with E-state index >= 15 is 0 Å². The Hall–Kier alpha value is -2.35. The van der Waals surface area contributed by atoms with E-state index in [0.717, 1.165) is 0 Å². The van der Waals surface area contributed by atoms with Gasteiger partial charge < -0.3 is 9.73 Å². The van der Waals surface area contributed by atoms with Crippen molar-refractivity contribution in [1.82, 2.24) is 4.98 Å². The Bertz CT molecular complexity index is 539. The van der Waals surface area contributed by atoms with Crippen LogP contribution in [-0.4, -0.2) is 10.9 Å². The fourth-order valence-electron chi connectivity index (χ4n) is 1.25. The van der Waals surface area contributed by atoms with E-state index in [4.69, 9.17) is 9.68 Å². The van der Waals surface area contributed by atoms with Crippen LogP contribution in [0.15, 0.2) is 29.0 Å². The average molecular weight is 201 g/mol. The lowest BCUT2D eigenvalue weighted by Gasteiger charge is -2.01. The minimum absolute atomic E-state index is 0.172. The molecule has 1 heterocycles. The number of carbonyl (C=O) groups is 1. The Morgan fingerprint density at radius 1 is 1.60 bits per heavy atom. The number of oxazole rings is 1. The maximum Gasteiger partial charge on any atom is 0.238 e. The van der Waals surface area contributed by atoms with Gasteiger partial charge in [-0.1, -0.05) is 6.07 Å². The maximum absolute atomic E-state index is 11.2. The summed E-state index contributed by atoms with van der Waals surface area (Å²) in [5.74, 6) is -0.354. The van der Waals surface area contributed by atoms with Crippen LogP contribution in [0, 0.1) is 11.3 Å². The van der Waals surface area contributed by atoms with Gasteiger partial charge in [0.1, 0.15) is 11.9 Å². The lowest BCUT2D eigenvalue weighted by molar-refractivity contribution is -0.115. The largest absolute Gasteiger partial charge is 0.443 e. The highest BCUT2D eigenvalue weighted by atomic mass is 16.3. The van der Waals surface area contributed by atoms with Gasteiger partial charge in [-0.2, -0.15) is 5.26 Å². The molecule has 74 valence electrons. The minimum Gasteiger partial charge on any atom is -0.443 e. The van der Waals surface area contributed by atoms with E-state index in [2.05, 4.69) is 10.3 Å². The monoisotopic (exact) mass is 201 g/mol. The molecule has 0 fully saturated rings. The molecule has 0 atom stereocenters. The lowest BCUT2D eigenvalue weighted by Crippen LogP contribution is -2.10. The Labute approximate surface area is 85.3 Å². The van der Waals surface area contributed by atoms with Crippen LogP contribution < -0.4 is 5.32 Å². The number of anilines is 1. The molecule has 0 saturated carbocycles.